The molecule has 4 N–H and O–H groups in total. The van der Waals surface area contributed by atoms with Crippen LogP contribution < -0.4 is 25.8 Å². The molecule has 166 valence electrons. The summed E-state index contributed by atoms with van der Waals surface area (Å²) in [7, 11) is 3.09. The molecule has 1 aliphatic carbocycles. The monoisotopic (exact) mass is 437 g/mol. The highest BCUT2D eigenvalue weighted by Gasteiger charge is 2.20. The molecular formula is C21H23N7O4. The van der Waals surface area contributed by atoms with Crippen LogP contribution in [0.5, 0.6) is 11.5 Å². The Morgan fingerprint density at radius 3 is 2.72 bits per heavy atom. The van der Waals surface area contributed by atoms with Gasteiger partial charge < -0.3 is 30.3 Å². The predicted octanol–water partition coefficient (Wildman–Crippen LogP) is 2.05. The molecule has 1 aliphatic rings. The zero-order valence-corrected chi connectivity index (χ0v) is 17.7. The number of hydrogen-bond acceptors (Lipinski definition) is 10. The van der Waals surface area contributed by atoms with Crippen LogP contribution in [0, 0.1) is 0 Å². The van der Waals surface area contributed by atoms with Gasteiger partial charge in [0.05, 0.1) is 25.7 Å². The number of nitrogens with two attached hydrogens (primary N) is 1. The van der Waals surface area contributed by atoms with E-state index in [1.807, 2.05) is 24.3 Å². The number of anilines is 2. The van der Waals surface area contributed by atoms with E-state index in [1.54, 1.807) is 26.4 Å². The fourth-order valence-corrected chi connectivity index (χ4v) is 3.22. The molecule has 1 atom stereocenters. The summed E-state index contributed by atoms with van der Waals surface area (Å²) in [4.78, 5) is 21.0. The third kappa shape index (κ3) is 4.46. The summed E-state index contributed by atoms with van der Waals surface area (Å²) in [6.45, 7) is 0.650. The number of allylic oxidation sites excluding steroid dienone is 4. The Morgan fingerprint density at radius 1 is 1.16 bits per heavy atom. The standard InChI is InChI=1S/C21H23N7O4/c1-30-15-10-13-14(11-16(15)31-2)25-21(26-17(13)22)24-9-8-23-18(29)20-28-27-19(32-20)12-6-4-3-5-7-12/h3-6,10-12H,7-9H2,1-2H3,(H,23,29)(H3,22,24,25,26). The molecule has 11 nitrogen and oxygen atoms in total. The zero-order valence-electron chi connectivity index (χ0n) is 17.7. The molecule has 0 fully saturated rings. The van der Waals surface area contributed by atoms with Crippen molar-refractivity contribution in [1.29, 1.82) is 0 Å². The molecule has 2 aromatic heterocycles. The fraction of sp³-hybridized carbons (Fsp3) is 0.286. The van der Waals surface area contributed by atoms with Crippen molar-refractivity contribution >= 4 is 28.6 Å². The Kier molecular flexibility index (Phi) is 6.15. The first-order valence-electron chi connectivity index (χ1n) is 9.97. The largest absolute Gasteiger partial charge is 0.493 e. The molecule has 11 heteroatoms. The summed E-state index contributed by atoms with van der Waals surface area (Å²) in [5, 5.41) is 14.2. The van der Waals surface area contributed by atoms with Crippen molar-refractivity contribution in [2.24, 2.45) is 0 Å². The van der Waals surface area contributed by atoms with Crippen molar-refractivity contribution in [2.45, 2.75) is 12.3 Å². The van der Waals surface area contributed by atoms with Crippen LogP contribution >= 0.6 is 0 Å². The molecule has 3 aromatic rings. The lowest BCUT2D eigenvalue weighted by Crippen LogP contribution is -2.29. The number of carbonyl (C=O) groups excluding carboxylic acids is 1. The highest BCUT2D eigenvalue weighted by molar-refractivity contribution is 5.91. The highest BCUT2D eigenvalue weighted by atomic mass is 16.5. The average molecular weight is 437 g/mol. The van der Waals surface area contributed by atoms with Gasteiger partial charge in [-0.15, -0.1) is 10.2 Å². The average Bonchev–Trinajstić information content (AvgIpc) is 3.32. The third-order valence-corrected chi connectivity index (χ3v) is 4.86. The number of rotatable bonds is 8. The minimum Gasteiger partial charge on any atom is -0.493 e. The lowest BCUT2D eigenvalue weighted by molar-refractivity contribution is 0.0918. The number of fused-ring (bicyclic) bond motifs is 1. The van der Waals surface area contributed by atoms with Crippen LogP contribution in [0.3, 0.4) is 0 Å². The van der Waals surface area contributed by atoms with Crippen molar-refractivity contribution in [3.8, 4) is 11.5 Å². The summed E-state index contributed by atoms with van der Waals surface area (Å²) >= 11 is 0. The molecule has 4 rings (SSSR count). The molecular weight excluding hydrogens is 414 g/mol. The van der Waals surface area contributed by atoms with Crippen LogP contribution in [-0.4, -0.2) is 53.4 Å². The van der Waals surface area contributed by atoms with Crippen LogP contribution in [0.4, 0.5) is 11.8 Å². The maximum Gasteiger partial charge on any atom is 0.308 e. The van der Waals surface area contributed by atoms with Crippen LogP contribution in [0.1, 0.15) is 28.9 Å². The van der Waals surface area contributed by atoms with Crippen LogP contribution in [-0.2, 0) is 0 Å². The second-order valence-electron chi connectivity index (χ2n) is 6.94. The zero-order chi connectivity index (χ0) is 22.5. The van der Waals surface area contributed by atoms with Crippen LogP contribution in [0.25, 0.3) is 10.9 Å². The van der Waals surface area contributed by atoms with E-state index >= 15 is 0 Å². The van der Waals surface area contributed by atoms with Crippen molar-refractivity contribution in [3.63, 3.8) is 0 Å². The van der Waals surface area contributed by atoms with Crippen molar-refractivity contribution in [2.75, 3.05) is 38.4 Å². The van der Waals surface area contributed by atoms with Gasteiger partial charge in [0, 0.05) is 24.5 Å². The maximum atomic E-state index is 12.3. The third-order valence-electron chi connectivity index (χ3n) is 4.86. The quantitative estimate of drug-likeness (QED) is 0.447. The van der Waals surface area contributed by atoms with E-state index in [0.29, 0.717) is 46.6 Å². The number of nitrogen functional groups attached to an aromatic ring is 1. The lowest BCUT2D eigenvalue weighted by atomic mass is 10.0. The van der Waals surface area contributed by atoms with Gasteiger partial charge in [-0.2, -0.15) is 4.98 Å². The second-order valence-corrected chi connectivity index (χ2v) is 6.94. The smallest absolute Gasteiger partial charge is 0.308 e. The summed E-state index contributed by atoms with van der Waals surface area (Å²) in [5.74, 6) is 1.59. The lowest BCUT2D eigenvalue weighted by Gasteiger charge is -2.11. The van der Waals surface area contributed by atoms with E-state index in [1.165, 1.54) is 0 Å². The molecule has 1 amide bonds. The molecule has 0 spiro atoms. The Bertz CT molecular complexity index is 1190. The van der Waals surface area contributed by atoms with Gasteiger partial charge in [0.25, 0.3) is 0 Å². The van der Waals surface area contributed by atoms with Crippen molar-refractivity contribution < 1.29 is 18.7 Å². The number of amides is 1. The molecule has 0 aliphatic heterocycles. The number of carbonyl (C=O) groups is 1. The van der Waals surface area contributed by atoms with Crippen LogP contribution in [0.2, 0.25) is 0 Å². The van der Waals surface area contributed by atoms with E-state index in [2.05, 4.69) is 30.8 Å². The number of hydrogen-bond donors (Lipinski definition) is 3. The first-order chi connectivity index (χ1) is 15.6. The van der Waals surface area contributed by atoms with Gasteiger partial charge >= 0.3 is 11.8 Å². The molecule has 0 bridgehead atoms. The van der Waals surface area contributed by atoms with Gasteiger partial charge in [0.15, 0.2) is 11.5 Å². The molecule has 1 unspecified atom stereocenters. The minimum atomic E-state index is -0.448. The summed E-state index contributed by atoms with van der Waals surface area (Å²) in [6, 6.07) is 3.45. The topological polar surface area (TPSA) is 150 Å². The normalized spacial score (nSPS) is 15.0. The predicted molar refractivity (Wildman–Crippen MR) is 118 cm³/mol. The van der Waals surface area contributed by atoms with Crippen LogP contribution in [0.15, 0.2) is 40.9 Å². The van der Waals surface area contributed by atoms with Crippen molar-refractivity contribution in [1.82, 2.24) is 25.5 Å². The summed E-state index contributed by atoms with van der Waals surface area (Å²) in [6.07, 6.45) is 8.59. The van der Waals surface area contributed by atoms with E-state index in [4.69, 9.17) is 19.6 Å². The molecule has 0 radical (unpaired) electrons. The van der Waals surface area contributed by atoms with Gasteiger partial charge in [-0.1, -0.05) is 24.3 Å². The molecule has 0 saturated carbocycles. The Morgan fingerprint density at radius 2 is 1.97 bits per heavy atom. The second kappa shape index (κ2) is 9.33. The summed E-state index contributed by atoms with van der Waals surface area (Å²) in [5.41, 5.74) is 6.67. The van der Waals surface area contributed by atoms with Gasteiger partial charge in [0.2, 0.25) is 11.8 Å². The SMILES string of the molecule is COc1cc2nc(NCCNC(=O)c3nnc(C4C=CC=CC4)o3)nc(N)c2cc1OC. The van der Waals surface area contributed by atoms with Gasteiger partial charge in [0.1, 0.15) is 5.82 Å². The van der Waals surface area contributed by atoms with Gasteiger partial charge in [-0.25, -0.2) is 4.98 Å². The molecule has 2 heterocycles. The van der Waals surface area contributed by atoms with Gasteiger partial charge in [-0.05, 0) is 12.5 Å². The van der Waals surface area contributed by atoms with E-state index < -0.39 is 5.91 Å². The van der Waals surface area contributed by atoms with E-state index in [-0.39, 0.29) is 18.4 Å². The number of nitrogens with one attached hydrogen (secondary N) is 2. The first-order valence-corrected chi connectivity index (χ1v) is 9.97. The highest BCUT2D eigenvalue weighted by Crippen LogP contribution is 2.33. The first kappa shape index (κ1) is 21.1. The number of aromatic nitrogens is 4. The number of ether oxygens (including phenoxy) is 2. The number of benzene rings is 1. The maximum absolute atomic E-state index is 12.3. The summed E-state index contributed by atoms with van der Waals surface area (Å²) < 4.78 is 16.1. The Hall–Kier alpha value is -4.15. The molecule has 32 heavy (non-hydrogen) atoms. The van der Waals surface area contributed by atoms with Gasteiger partial charge in [-0.3, -0.25) is 4.79 Å². The molecule has 0 saturated heterocycles. The Labute approximate surface area is 183 Å². The Balaban J connectivity index is 1.34. The fourth-order valence-electron chi connectivity index (χ4n) is 3.22. The minimum absolute atomic E-state index is 0.00943. The van der Waals surface area contributed by atoms with E-state index in [9.17, 15) is 4.79 Å². The number of methoxy groups -OCH3 is 2. The van der Waals surface area contributed by atoms with Crippen molar-refractivity contribution in [3.05, 3.63) is 48.2 Å². The number of nitrogens with zero attached hydrogens (tertiary/aromatic N) is 4. The van der Waals surface area contributed by atoms with E-state index in [0.717, 1.165) is 6.42 Å². The molecule has 1 aromatic carbocycles.